The van der Waals surface area contributed by atoms with Crippen molar-refractivity contribution in [3.8, 4) is 17.2 Å². The predicted molar refractivity (Wildman–Crippen MR) is 153 cm³/mol. The lowest BCUT2D eigenvalue weighted by atomic mass is 9.59. The molecule has 3 aliphatic carbocycles. The summed E-state index contributed by atoms with van der Waals surface area (Å²) in [6.45, 7) is 0. The summed E-state index contributed by atoms with van der Waals surface area (Å²) in [6, 6.07) is 8.25. The SMILES string of the molecule is O=C1C=C(Br)C(=O)C2=C1[C@@H](C1=COc3ccc(O)cc3C1)C1=CC[C@@H]3C(=O)N(c4ccc(C(=O)O)c(O)c4)C(=O)[C@@H]3[C@@H]1C2. The van der Waals surface area contributed by atoms with Crippen LogP contribution in [-0.4, -0.2) is 44.7 Å². The van der Waals surface area contributed by atoms with E-state index in [1.54, 1.807) is 18.4 Å². The molecule has 0 bridgehead atoms. The molecule has 0 spiro atoms. The Labute approximate surface area is 252 Å². The number of aromatic carboxylic acids is 1. The first kappa shape index (κ1) is 27.1. The monoisotopic (exact) mass is 643 g/mol. The molecule has 11 heteroatoms. The molecule has 0 radical (unpaired) electrons. The standard InChI is InChI=1S/C32H22BrNO9/c33-22-11-24(37)28-21(29(22)38)10-20-17(26(28)14-7-13-8-16(35)2-6-25(13)43-12-14)4-5-19-27(20)31(40)34(30(19)39)15-1-3-18(32(41)42)23(36)9-15/h1-4,6,8-9,11-12,19-20,26-27,35-36H,5,7,10H2,(H,41,42)/t19-,20+,26-,27-/m0/s1. The van der Waals surface area contributed by atoms with Crippen LogP contribution in [0.5, 0.6) is 17.2 Å². The number of hydrogen-bond donors (Lipinski definition) is 3. The van der Waals surface area contributed by atoms with Crippen molar-refractivity contribution in [3.63, 3.8) is 0 Å². The Hall–Kier alpha value is -4.77. The second-order valence-electron chi connectivity index (χ2n) is 11.2. The fraction of sp³-hybridized carbons (Fsp3) is 0.219. The molecule has 2 aromatic rings. The third kappa shape index (κ3) is 4.02. The van der Waals surface area contributed by atoms with Crippen LogP contribution >= 0.6 is 15.9 Å². The molecule has 5 aliphatic rings. The van der Waals surface area contributed by atoms with Crippen molar-refractivity contribution in [1.29, 1.82) is 0 Å². The number of rotatable bonds is 3. The van der Waals surface area contributed by atoms with Crippen LogP contribution in [0.25, 0.3) is 0 Å². The number of imide groups is 1. The Kier molecular flexibility index (Phi) is 6.07. The van der Waals surface area contributed by atoms with Gasteiger partial charge in [-0.2, -0.15) is 0 Å². The zero-order valence-corrected chi connectivity index (χ0v) is 23.8. The number of amides is 2. The highest BCUT2D eigenvalue weighted by Crippen LogP contribution is 2.55. The number of halogens is 1. The number of benzene rings is 2. The number of carboxylic acid groups (broad SMARTS) is 1. The summed E-state index contributed by atoms with van der Waals surface area (Å²) in [7, 11) is 0. The Morgan fingerprint density at radius 3 is 2.53 bits per heavy atom. The molecule has 1 saturated heterocycles. The first-order valence-electron chi connectivity index (χ1n) is 13.6. The van der Waals surface area contributed by atoms with Gasteiger partial charge in [0.05, 0.1) is 28.3 Å². The van der Waals surface area contributed by atoms with Crippen molar-refractivity contribution < 1.29 is 44.0 Å². The summed E-state index contributed by atoms with van der Waals surface area (Å²) in [4.78, 5) is 66.9. The number of ether oxygens (including phenoxy) is 1. The first-order chi connectivity index (χ1) is 20.5. The predicted octanol–water partition coefficient (Wildman–Crippen LogP) is 4.11. The number of fused-ring (bicyclic) bond motifs is 4. The van der Waals surface area contributed by atoms with Gasteiger partial charge < -0.3 is 20.1 Å². The molecule has 0 unspecified atom stereocenters. The number of carboxylic acids is 1. The van der Waals surface area contributed by atoms with E-state index in [-0.39, 0.29) is 51.5 Å². The van der Waals surface area contributed by atoms with Crippen molar-refractivity contribution in [2.75, 3.05) is 4.90 Å². The van der Waals surface area contributed by atoms with E-state index >= 15 is 0 Å². The smallest absolute Gasteiger partial charge is 0.339 e. The normalized spacial score (nSPS) is 26.1. The average molecular weight is 644 g/mol. The number of phenols is 2. The van der Waals surface area contributed by atoms with E-state index < -0.39 is 47.2 Å². The van der Waals surface area contributed by atoms with Crippen molar-refractivity contribution in [1.82, 2.24) is 0 Å². The van der Waals surface area contributed by atoms with E-state index in [1.807, 2.05) is 6.08 Å². The summed E-state index contributed by atoms with van der Waals surface area (Å²) in [5.41, 5.74) is 2.40. The Morgan fingerprint density at radius 2 is 1.79 bits per heavy atom. The van der Waals surface area contributed by atoms with E-state index in [0.29, 0.717) is 28.9 Å². The number of ketones is 2. The fourth-order valence-corrected chi connectivity index (χ4v) is 7.56. The van der Waals surface area contributed by atoms with Gasteiger partial charge in [-0.25, -0.2) is 9.69 Å². The van der Waals surface area contributed by atoms with E-state index in [1.165, 1.54) is 18.2 Å². The molecule has 4 atom stereocenters. The van der Waals surface area contributed by atoms with Gasteiger partial charge in [0.2, 0.25) is 11.8 Å². The maximum absolute atomic E-state index is 14.0. The Morgan fingerprint density at radius 1 is 1.00 bits per heavy atom. The maximum Gasteiger partial charge on any atom is 0.339 e. The highest BCUT2D eigenvalue weighted by molar-refractivity contribution is 9.12. The lowest BCUT2D eigenvalue weighted by Crippen LogP contribution is -2.41. The molecule has 3 N–H and O–H groups in total. The summed E-state index contributed by atoms with van der Waals surface area (Å²) in [5.74, 6) is -5.89. The van der Waals surface area contributed by atoms with E-state index in [4.69, 9.17) is 4.74 Å². The Bertz CT molecular complexity index is 1850. The van der Waals surface area contributed by atoms with Crippen molar-refractivity contribution >= 4 is 51.0 Å². The largest absolute Gasteiger partial charge is 0.508 e. The van der Waals surface area contributed by atoms with E-state index in [2.05, 4.69) is 15.9 Å². The summed E-state index contributed by atoms with van der Waals surface area (Å²) in [6.07, 6.45) is 5.30. The van der Waals surface area contributed by atoms with Crippen molar-refractivity contribution in [2.45, 2.75) is 19.3 Å². The van der Waals surface area contributed by atoms with Gasteiger partial charge in [0.15, 0.2) is 11.6 Å². The molecule has 7 rings (SSSR count). The van der Waals surface area contributed by atoms with Crippen molar-refractivity contribution in [2.24, 2.45) is 23.7 Å². The van der Waals surface area contributed by atoms with Crippen LogP contribution in [0.1, 0.15) is 28.8 Å². The van der Waals surface area contributed by atoms with Crippen molar-refractivity contribution in [3.05, 3.63) is 92.7 Å². The highest BCUT2D eigenvalue weighted by Gasteiger charge is 2.57. The number of anilines is 1. The molecule has 2 aromatic carbocycles. The minimum Gasteiger partial charge on any atom is -0.508 e. The summed E-state index contributed by atoms with van der Waals surface area (Å²) < 4.78 is 6.00. The van der Waals surface area contributed by atoms with Crippen LogP contribution in [-0.2, 0) is 25.6 Å². The zero-order chi connectivity index (χ0) is 30.3. The van der Waals surface area contributed by atoms with Crippen LogP contribution in [0.15, 0.2) is 81.6 Å². The molecule has 0 saturated carbocycles. The van der Waals surface area contributed by atoms with Gasteiger partial charge in [0.1, 0.15) is 22.8 Å². The quantitative estimate of drug-likeness (QED) is 0.254. The molecule has 10 nitrogen and oxygen atoms in total. The minimum atomic E-state index is -1.35. The molecular weight excluding hydrogens is 622 g/mol. The molecule has 2 amide bonds. The lowest BCUT2D eigenvalue weighted by molar-refractivity contribution is -0.123. The zero-order valence-electron chi connectivity index (χ0n) is 22.2. The second-order valence-corrected chi connectivity index (χ2v) is 12.0. The maximum atomic E-state index is 14.0. The lowest BCUT2D eigenvalue weighted by Gasteiger charge is -2.43. The van der Waals surface area contributed by atoms with Crippen LogP contribution < -0.4 is 9.64 Å². The van der Waals surface area contributed by atoms with Crippen LogP contribution in [0.2, 0.25) is 0 Å². The highest BCUT2D eigenvalue weighted by atomic mass is 79.9. The molecule has 2 aliphatic heterocycles. The van der Waals surface area contributed by atoms with E-state index in [9.17, 15) is 39.3 Å². The molecule has 0 aromatic heterocycles. The number of carbonyl (C=O) groups excluding carboxylic acids is 4. The third-order valence-electron chi connectivity index (χ3n) is 8.95. The molecule has 43 heavy (non-hydrogen) atoms. The van der Waals surface area contributed by atoms with Crippen LogP contribution in [0.3, 0.4) is 0 Å². The van der Waals surface area contributed by atoms with Gasteiger partial charge in [-0.15, -0.1) is 0 Å². The fourth-order valence-electron chi connectivity index (χ4n) is 7.11. The number of Topliss-reactive ketones (excluding diaryl/α,β-unsaturated/α-hetero) is 1. The van der Waals surface area contributed by atoms with Crippen LogP contribution in [0, 0.1) is 23.7 Å². The topological polar surface area (TPSA) is 159 Å². The first-order valence-corrected chi connectivity index (χ1v) is 14.3. The van der Waals surface area contributed by atoms with Gasteiger partial charge in [-0.1, -0.05) is 11.6 Å². The van der Waals surface area contributed by atoms with Gasteiger partial charge in [0, 0.05) is 41.2 Å². The number of phenolic OH excluding ortho intramolecular Hbond substituents is 1. The average Bonchev–Trinajstić information content (AvgIpc) is 3.23. The minimum absolute atomic E-state index is 0.0510. The van der Waals surface area contributed by atoms with Gasteiger partial charge >= 0.3 is 5.97 Å². The number of allylic oxidation sites excluding steroid dienone is 7. The number of aromatic hydroxyl groups is 2. The number of hydrogen-bond acceptors (Lipinski definition) is 8. The third-order valence-corrected chi connectivity index (χ3v) is 9.54. The number of carbonyl (C=O) groups is 5. The Balaban J connectivity index is 1.31. The van der Waals surface area contributed by atoms with Crippen LogP contribution in [0.4, 0.5) is 5.69 Å². The number of nitrogens with zero attached hydrogens (tertiary/aromatic N) is 1. The molecule has 2 heterocycles. The van der Waals surface area contributed by atoms with Gasteiger partial charge in [0.25, 0.3) is 0 Å². The summed E-state index contributed by atoms with van der Waals surface area (Å²) in [5, 5.41) is 29.6. The molecule has 216 valence electrons. The second kappa shape index (κ2) is 9.63. The molecule has 1 fully saturated rings. The van der Waals surface area contributed by atoms with Gasteiger partial charge in [-0.3, -0.25) is 19.2 Å². The van der Waals surface area contributed by atoms with E-state index in [0.717, 1.165) is 22.6 Å². The summed E-state index contributed by atoms with van der Waals surface area (Å²) >= 11 is 3.21. The molecular formula is C32H22BrNO9. The van der Waals surface area contributed by atoms with Gasteiger partial charge in [-0.05, 0) is 70.6 Å².